The van der Waals surface area contributed by atoms with E-state index in [1.165, 1.54) is 3.15 Å². The van der Waals surface area contributed by atoms with Gasteiger partial charge < -0.3 is 5.11 Å². The lowest BCUT2D eigenvalue weighted by Crippen LogP contribution is -2.09. The zero-order chi connectivity index (χ0) is 8.55. The van der Waals surface area contributed by atoms with Gasteiger partial charge in [-0.25, -0.2) is 0 Å². The smallest absolute Gasteiger partial charge is 0.148 e. The number of aliphatic hydroxyl groups is 1. The highest BCUT2D eigenvalue weighted by atomic mass is 127. The fraction of sp³-hybridized carbons (Fsp3) is 0.111. The van der Waals surface area contributed by atoms with Crippen LogP contribution < -0.4 is 5.35 Å². The molecule has 0 spiro atoms. The van der Waals surface area contributed by atoms with Gasteiger partial charge in [-0.2, -0.15) is 0 Å². The molecule has 0 aromatic carbocycles. The number of aliphatic hydroxyl groups excluding tert-OH is 1. The normalized spacial score (nSPS) is 14.6. The van der Waals surface area contributed by atoms with Gasteiger partial charge in [-0.3, -0.25) is 4.98 Å². The lowest BCUT2D eigenvalue weighted by molar-refractivity contribution is 0.466. The summed E-state index contributed by atoms with van der Waals surface area (Å²) in [7, 11) is 0. The van der Waals surface area contributed by atoms with Crippen molar-refractivity contribution >= 4 is 26.8 Å². The first-order chi connectivity index (χ1) is 5.75. The van der Waals surface area contributed by atoms with Gasteiger partial charge in [-0.05, 0) is 51.9 Å². The number of pyridine rings is 1. The van der Waals surface area contributed by atoms with Crippen LogP contribution in [0.4, 0.5) is 0 Å². The lowest BCUT2D eigenvalue weighted by Gasteiger charge is -1.97. The number of halogens is 1. The number of hydrogen-bond donors (Lipinski definition) is 1. The molecule has 0 fully saturated rings. The predicted molar refractivity (Wildman–Crippen MR) is 56.6 cm³/mol. The zero-order valence-electron chi connectivity index (χ0n) is 6.58. The number of fused-ring (bicyclic) bond motifs is 1. The molecule has 2 heterocycles. The maximum Gasteiger partial charge on any atom is 0.148 e. The summed E-state index contributed by atoms with van der Waals surface area (Å²) < 4.78 is 1.73. The third kappa shape index (κ3) is 1.41. The van der Waals surface area contributed by atoms with Crippen LogP contribution in [0.25, 0.3) is 6.08 Å². The Balaban J connectivity index is 2.79. The Morgan fingerprint density at radius 2 is 2.17 bits per heavy atom. The van der Waals surface area contributed by atoms with Crippen molar-refractivity contribution in [3.63, 3.8) is 0 Å². The minimum absolute atomic E-state index is 0.358. The van der Waals surface area contributed by atoms with Crippen LogP contribution in [0.1, 0.15) is 5.69 Å². The van der Waals surface area contributed by atoms with E-state index >= 15 is 0 Å². The van der Waals surface area contributed by atoms with Crippen LogP contribution in [0.3, 0.4) is 0 Å². The summed E-state index contributed by atoms with van der Waals surface area (Å²) in [6.07, 6.45) is 3.63. The van der Waals surface area contributed by atoms with Gasteiger partial charge in [-0.15, -0.1) is 0 Å². The Hall–Kier alpha value is -0.710. The number of allylic oxidation sites excluding steroid dienone is 1. The monoisotopic (exact) mass is 273 g/mol. The van der Waals surface area contributed by atoms with E-state index in [2.05, 4.69) is 11.1 Å². The SMILES string of the molecule is Cc1ccc2c(n1)=CC=C(O)I=2. The van der Waals surface area contributed by atoms with E-state index in [0.717, 1.165) is 11.0 Å². The summed E-state index contributed by atoms with van der Waals surface area (Å²) in [6.45, 7) is 1.98. The summed E-state index contributed by atoms with van der Waals surface area (Å²) >= 11 is -0.358. The second-order valence-corrected chi connectivity index (χ2v) is 5.38. The number of rotatable bonds is 0. The highest BCUT2D eigenvalue weighted by Gasteiger charge is 1.95. The molecule has 1 aromatic heterocycles. The minimum Gasteiger partial charge on any atom is -0.503 e. The van der Waals surface area contributed by atoms with Gasteiger partial charge in [0.05, 0.1) is 5.35 Å². The summed E-state index contributed by atoms with van der Waals surface area (Å²) in [5, 5.41) is 10.3. The highest BCUT2D eigenvalue weighted by Crippen LogP contribution is 2.16. The van der Waals surface area contributed by atoms with E-state index in [1.807, 2.05) is 19.1 Å². The fourth-order valence-electron chi connectivity index (χ4n) is 1.04. The Bertz CT molecular complexity index is 462. The number of nitrogens with zero attached hydrogens (tertiary/aromatic N) is 1. The molecule has 3 heteroatoms. The molecule has 1 aromatic rings. The third-order valence-electron chi connectivity index (χ3n) is 1.59. The third-order valence-corrected chi connectivity index (χ3v) is 4.00. The van der Waals surface area contributed by atoms with E-state index in [-0.39, 0.29) is 20.7 Å². The van der Waals surface area contributed by atoms with Crippen molar-refractivity contribution in [3.8, 4) is 0 Å². The molecule has 12 heavy (non-hydrogen) atoms. The predicted octanol–water partition coefficient (Wildman–Crippen LogP) is 1.81. The molecular weight excluding hydrogens is 265 g/mol. The standard InChI is InChI=1S/C9H8INO/c1-6-2-3-7-8(11-6)4-5-9(12)10-7/h2-5,12H,1H3. The second kappa shape index (κ2) is 2.97. The topological polar surface area (TPSA) is 33.1 Å². The molecule has 0 bridgehead atoms. The molecule has 0 saturated carbocycles. The Labute approximate surface area is 80.0 Å². The molecule has 0 amide bonds. The van der Waals surface area contributed by atoms with Crippen LogP contribution in [0, 0.1) is 10.1 Å². The first kappa shape index (κ1) is 7.91. The molecule has 0 saturated heterocycles. The molecule has 1 N–H and O–H groups in total. The molecular formula is C9H8INO. The van der Waals surface area contributed by atoms with E-state index in [1.54, 1.807) is 6.08 Å². The average Bonchev–Trinajstić information content (AvgIpc) is 2.05. The first-order valence-corrected chi connectivity index (χ1v) is 5.78. The van der Waals surface area contributed by atoms with Crippen molar-refractivity contribution in [1.29, 1.82) is 0 Å². The highest BCUT2D eigenvalue weighted by molar-refractivity contribution is 14.2. The van der Waals surface area contributed by atoms with Crippen LogP contribution in [0.2, 0.25) is 0 Å². The van der Waals surface area contributed by atoms with Crippen LogP contribution in [-0.4, -0.2) is 10.1 Å². The average molecular weight is 273 g/mol. The summed E-state index contributed by atoms with van der Waals surface area (Å²) in [6, 6.07) is 4.05. The van der Waals surface area contributed by atoms with E-state index < -0.39 is 0 Å². The van der Waals surface area contributed by atoms with E-state index in [9.17, 15) is 5.11 Å². The van der Waals surface area contributed by atoms with Crippen molar-refractivity contribution in [1.82, 2.24) is 4.98 Å². The van der Waals surface area contributed by atoms with Crippen LogP contribution in [0.5, 0.6) is 0 Å². The molecule has 2 nitrogen and oxygen atoms in total. The lowest BCUT2D eigenvalue weighted by atomic mass is 10.3. The van der Waals surface area contributed by atoms with Crippen LogP contribution in [0.15, 0.2) is 22.0 Å². The van der Waals surface area contributed by atoms with Gasteiger partial charge in [0.15, 0.2) is 0 Å². The molecule has 1 aliphatic heterocycles. The summed E-state index contributed by atoms with van der Waals surface area (Å²) in [4.78, 5) is 4.36. The van der Waals surface area contributed by atoms with Crippen molar-refractivity contribution in [2.45, 2.75) is 6.92 Å². The number of aryl methyl sites for hydroxylation is 1. The van der Waals surface area contributed by atoms with E-state index in [4.69, 9.17) is 0 Å². The Morgan fingerprint density at radius 1 is 1.33 bits per heavy atom. The fourth-order valence-corrected chi connectivity index (χ4v) is 2.93. The van der Waals surface area contributed by atoms with Gasteiger partial charge in [0.2, 0.25) is 0 Å². The van der Waals surface area contributed by atoms with Gasteiger partial charge in [0.1, 0.15) is 3.77 Å². The molecule has 0 atom stereocenters. The van der Waals surface area contributed by atoms with Crippen molar-refractivity contribution in [2.24, 2.45) is 0 Å². The largest absolute Gasteiger partial charge is 0.503 e. The second-order valence-electron chi connectivity index (χ2n) is 2.57. The molecule has 2 rings (SSSR count). The Kier molecular flexibility index (Phi) is 1.96. The summed E-state index contributed by atoms with van der Waals surface area (Å²) in [5.74, 6) is 0. The Morgan fingerprint density at radius 3 is 3.00 bits per heavy atom. The first-order valence-electron chi connectivity index (χ1n) is 3.62. The van der Waals surface area contributed by atoms with Gasteiger partial charge in [-0.1, -0.05) is 0 Å². The van der Waals surface area contributed by atoms with E-state index in [0.29, 0.717) is 3.77 Å². The summed E-state index contributed by atoms with van der Waals surface area (Å²) in [5.41, 5.74) is 1.03. The van der Waals surface area contributed by atoms with Crippen LogP contribution in [-0.2, 0) is 0 Å². The molecule has 62 valence electrons. The zero-order valence-corrected chi connectivity index (χ0v) is 8.74. The van der Waals surface area contributed by atoms with Crippen molar-refractivity contribution < 1.29 is 5.11 Å². The van der Waals surface area contributed by atoms with Gasteiger partial charge in [0.25, 0.3) is 0 Å². The van der Waals surface area contributed by atoms with Crippen molar-refractivity contribution in [3.05, 3.63) is 36.2 Å². The number of hydrogen-bond acceptors (Lipinski definition) is 2. The van der Waals surface area contributed by atoms with Crippen molar-refractivity contribution in [2.75, 3.05) is 0 Å². The molecule has 0 radical (unpaired) electrons. The maximum absolute atomic E-state index is 9.28. The minimum atomic E-state index is -0.358. The van der Waals surface area contributed by atoms with Crippen LogP contribution >= 0.6 is 20.7 Å². The maximum atomic E-state index is 9.28. The number of aromatic nitrogens is 1. The van der Waals surface area contributed by atoms with Gasteiger partial charge >= 0.3 is 0 Å². The molecule has 0 unspecified atom stereocenters. The molecule has 1 aliphatic rings. The molecule has 0 aliphatic carbocycles. The quantitative estimate of drug-likeness (QED) is 0.731. The van der Waals surface area contributed by atoms with Gasteiger partial charge in [0, 0.05) is 8.85 Å².